The normalized spacial score (nSPS) is 24.1. The molecular weight excluding hydrogens is 364 g/mol. The molecule has 0 spiro atoms. The van der Waals surface area contributed by atoms with Gasteiger partial charge < -0.3 is 15.2 Å². The Labute approximate surface area is 172 Å². The molecule has 4 rings (SSSR count). The quantitative estimate of drug-likeness (QED) is 0.816. The molecule has 0 aromatic heterocycles. The predicted octanol–water partition coefficient (Wildman–Crippen LogP) is 3.38. The van der Waals surface area contributed by atoms with Crippen molar-refractivity contribution in [1.82, 2.24) is 10.2 Å². The van der Waals surface area contributed by atoms with Crippen molar-refractivity contribution in [2.45, 2.75) is 38.0 Å². The number of alkyl carbamates (subject to hydrolysis) is 1. The lowest BCUT2D eigenvalue weighted by Gasteiger charge is -2.34. The number of ether oxygens (including phenoxy) is 1. The van der Waals surface area contributed by atoms with E-state index < -0.39 is 5.60 Å². The Kier molecular flexibility index (Phi) is 5.13. The summed E-state index contributed by atoms with van der Waals surface area (Å²) in [6.07, 6.45) is -0.344. The fourth-order valence-corrected chi connectivity index (χ4v) is 4.42. The first kappa shape index (κ1) is 19.9. The van der Waals surface area contributed by atoms with E-state index in [2.05, 4.69) is 10.2 Å². The summed E-state index contributed by atoms with van der Waals surface area (Å²) in [5.74, 6) is 0.716. The first-order valence-electron chi connectivity index (χ1n) is 10.3. The van der Waals surface area contributed by atoms with Crippen LogP contribution in [0, 0.1) is 11.8 Å². The van der Waals surface area contributed by atoms with Gasteiger partial charge in [0.15, 0.2) is 0 Å². The van der Waals surface area contributed by atoms with Crippen molar-refractivity contribution in [2.24, 2.45) is 11.8 Å². The maximum atomic E-state index is 12.0. The number of benzene rings is 2. The number of amides is 1. The van der Waals surface area contributed by atoms with E-state index in [0.29, 0.717) is 18.4 Å². The summed E-state index contributed by atoms with van der Waals surface area (Å²) in [6, 6.07) is 19.7. The third kappa shape index (κ3) is 4.31. The van der Waals surface area contributed by atoms with Gasteiger partial charge in [-0.1, -0.05) is 60.7 Å². The van der Waals surface area contributed by atoms with Crippen LogP contribution in [0.2, 0.25) is 0 Å². The van der Waals surface area contributed by atoms with Crippen LogP contribution in [0.3, 0.4) is 0 Å². The lowest BCUT2D eigenvalue weighted by molar-refractivity contribution is 0.0324. The monoisotopic (exact) mass is 394 g/mol. The fourth-order valence-electron chi connectivity index (χ4n) is 4.42. The molecule has 2 N–H and O–H groups in total. The highest BCUT2D eigenvalue weighted by molar-refractivity contribution is 5.68. The highest BCUT2D eigenvalue weighted by Crippen LogP contribution is 2.48. The second-order valence-electron chi connectivity index (χ2n) is 9.36. The highest BCUT2D eigenvalue weighted by Gasteiger charge is 2.59. The minimum Gasteiger partial charge on any atom is -0.446 e. The number of nitrogens with zero attached hydrogens (tertiary/aromatic N) is 1. The molecule has 2 aromatic rings. The zero-order valence-electron chi connectivity index (χ0n) is 17.3. The van der Waals surface area contributed by atoms with Gasteiger partial charge in [0, 0.05) is 37.0 Å². The van der Waals surface area contributed by atoms with Crippen molar-refractivity contribution in [3.8, 4) is 0 Å². The van der Waals surface area contributed by atoms with Crippen molar-refractivity contribution < 1.29 is 14.6 Å². The smallest absolute Gasteiger partial charge is 0.407 e. The number of carbonyl (C=O) groups is 1. The Morgan fingerprint density at radius 3 is 1.93 bits per heavy atom. The first-order chi connectivity index (χ1) is 13.8. The predicted molar refractivity (Wildman–Crippen MR) is 112 cm³/mol. The Morgan fingerprint density at radius 2 is 1.48 bits per heavy atom. The van der Waals surface area contributed by atoms with Crippen LogP contribution in [0.25, 0.3) is 0 Å². The average Bonchev–Trinajstić information content (AvgIpc) is 3.11. The summed E-state index contributed by atoms with van der Waals surface area (Å²) in [5.41, 5.74) is 0.419. The Balaban J connectivity index is 1.41. The topological polar surface area (TPSA) is 61.8 Å². The minimum atomic E-state index is -1.07. The molecule has 29 heavy (non-hydrogen) atoms. The van der Waals surface area contributed by atoms with Gasteiger partial charge in [-0.3, -0.25) is 4.90 Å². The molecule has 1 aliphatic carbocycles. The number of β-amino-alcohol motifs (C(OH)–C–C–N with tert-alkyl or cyclic N) is 1. The molecule has 2 fully saturated rings. The van der Waals surface area contributed by atoms with E-state index in [9.17, 15) is 9.90 Å². The van der Waals surface area contributed by atoms with Gasteiger partial charge in [0.1, 0.15) is 11.7 Å². The van der Waals surface area contributed by atoms with Crippen molar-refractivity contribution in [3.63, 3.8) is 0 Å². The van der Waals surface area contributed by atoms with Gasteiger partial charge in [-0.2, -0.15) is 0 Å². The lowest BCUT2D eigenvalue weighted by atomic mass is 9.86. The highest BCUT2D eigenvalue weighted by atomic mass is 16.6. The SMILES string of the molecule is CC(C)(C)NC(=O)OC1C2CN(CC(O)(c3ccccc3)c3ccccc3)CC21. The van der Waals surface area contributed by atoms with E-state index in [-0.39, 0.29) is 17.7 Å². The number of likely N-dealkylation sites (tertiary alicyclic amines) is 1. The molecule has 1 saturated heterocycles. The molecule has 0 bridgehead atoms. The van der Waals surface area contributed by atoms with Gasteiger partial charge in [0.2, 0.25) is 0 Å². The number of nitrogens with one attached hydrogen (secondary N) is 1. The molecule has 5 nitrogen and oxygen atoms in total. The van der Waals surface area contributed by atoms with E-state index in [0.717, 1.165) is 24.2 Å². The van der Waals surface area contributed by atoms with Gasteiger partial charge in [-0.15, -0.1) is 0 Å². The summed E-state index contributed by atoms with van der Waals surface area (Å²) in [7, 11) is 0. The van der Waals surface area contributed by atoms with Crippen molar-refractivity contribution in [1.29, 1.82) is 0 Å². The first-order valence-corrected chi connectivity index (χ1v) is 10.3. The number of piperidine rings is 1. The van der Waals surface area contributed by atoms with Crippen LogP contribution in [0.1, 0.15) is 31.9 Å². The summed E-state index contributed by atoms with van der Waals surface area (Å²) in [4.78, 5) is 14.3. The number of hydrogen-bond acceptors (Lipinski definition) is 4. The third-order valence-corrected chi connectivity index (χ3v) is 5.87. The van der Waals surface area contributed by atoms with Crippen LogP contribution in [-0.4, -0.2) is 47.4 Å². The molecule has 5 heteroatoms. The number of hydrogen-bond donors (Lipinski definition) is 2. The largest absolute Gasteiger partial charge is 0.446 e. The number of rotatable bonds is 5. The molecule has 154 valence electrons. The van der Waals surface area contributed by atoms with Crippen LogP contribution >= 0.6 is 0 Å². The van der Waals surface area contributed by atoms with E-state index in [1.165, 1.54) is 0 Å². The molecule has 2 aliphatic rings. The Morgan fingerprint density at radius 1 is 1.00 bits per heavy atom. The second-order valence-corrected chi connectivity index (χ2v) is 9.36. The van der Waals surface area contributed by atoms with Crippen molar-refractivity contribution in [2.75, 3.05) is 19.6 Å². The summed E-state index contributed by atoms with van der Waals surface area (Å²) in [6.45, 7) is 8.02. The van der Waals surface area contributed by atoms with Gasteiger partial charge in [0.25, 0.3) is 0 Å². The molecule has 1 heterocycles. The summed E-state index contributed by atoms with van der Waals surface area (Å²) < 4.78 is 5.61. The molecule has 1 saturated carbocycles. The summed E-state index contributed by atoms with van der Waals surface area (Å²) >= 11 is 0. The molecule has 0 radical (unpaired) electrons. The van der Waals surface area contributed by atoms with E-state index in [1.807, 2.05) is 81.4 Å². The molecule has 2 aromatic carbocycles. The number of fused-ring (bicyclic) bond motifs is 1. The second kappa shape index (κ2) is 7.47. The average molecular weight is 395 g/mol. The van der Waals surface area contributed by atoms with Crippen LogP contribution < -0.4 is 5.32 Å². The maximum Gasteiger partial charge on any atom is 0.407 e. The maximum absolute atomic E-state index is 12.0. The molecule has 2 unspecified atom stereocenters. The molecule has 1 amide bonds. The van der Waals surface area contributed by atoms with E-state index in [4.69, 9.17) is 4.74 Å². The van der Waals surface area contributed by atoms with Gasteiger partial charge in [0.05, 0.1) is 0 Å². The zero-order valence-corrected chi connectivity index (χ0v) is 17.3. The Hall–Kier alpha value is -2.37. The van der Waals surface area contributed by atoms with Crippen molar-refractivity contribution >= 4 is 6.09 Å². The standard InChI is InChI=1S/C24H30N2O3/c1-23(2,3)25-22(27)29-21-19-14-26(15-20(19)21)16-24(28,17-10-6-4-7-11-17)18-12-8-5-9-13-18/h4-13,19-21,28H,14-16H2,1-3H3,(H,25,27). The van der Waals surface area contributed by atoms with Crippen LogP contribution in [0.4, 0.5) is 4.79 Å². The van der Waals surface area contributed by atoms with Crippen LogP contribution in [0.5, 0.6) is 0 Å². The third-order valence-electron chi connectivity index (χ3n) is 5.87. The lowest BCUT2D eigenvalue weighted by Crippen LogP contribution is -2.44. The Bertz CT molecular complexity index is 796. The molecule has 1 aliphatic heterocycles. The molecule has 2 atom stereocenters. The molecular formula is C24H30N2O3. The van der Waals surface area contributed by atoms with Crippen molar-refractivity contribution in [3.05, 3.63) is 71.8 Å². The van der Waals surface area contributed by atoms with Crippen LogP contribution in [0.15, 0.2) is 60.7 Å². The summed E-state index contributed by atoms with van der Waals surface area (Å²) in [5, 5.41) is 14.6. The van der Waals surface area contributed by atoms with Gasteiger partial charge >= 0.3 is 6.09 Å². The minimum absolute atomic E-state index is 0.00450. The van der Waals surface area contributed by atoms with E-state index >= 15 is 0 Å². The van der Waals surface area contributed by atoms with Gasteiger partial charge in [-0.05, 0) is 31.9 Å². The van der Waals surface area contributed by atoms with Gasteiger partial charge in [-0.25, -0.2) is 4.79 Å². The fraction of sp³-hybridized carbons (Fsp3) is 0.458. The zero-order chi connectivity index (χ0) is 20.6. The number of aliphatic hydroxyl groups is 1. The number of carbonyl (C=O) groups excluding carboxylic acids is 1. The van der Waals surface area contributed by atoms with E-state index in [1.54, 1.807) is 0 Å². The van der Waals surface area contributed by atoms with Crippen LogP contribution in [-0.2, 0) is 10.3 Å².